The van der Waals surface area contributed by atoms with Gasteiger partial charge in [-0.15, -0.1) is 0 Å². The summed E-state index contributed by atoms with van der Waals surface area (Å²) in [6, 6.07) is 2.14. The molecule has 1 N–H and O–H groups in total. The van der Waals surface area contributed by atoms with Gasteiger partial charge in [0, 0.05) is 35.6 Å². The quantitative estimate of drug-likeness (QED) is 0.831. The van der Waals surface area contributed by atoms with Crippen molar-refractivity contribution in [3.05, 3.63) is 22.8 Å². The second-order valence-electron chi connectivity index (χ2n) is 5.09. The summed E-state index contributed by atoms with van der Waals surface area (Å²) in [7, 11) is 0. The molecule has 2 aliphatic rings. The fourth-order valence-corrected chi connectivity index (χ4v) is 3.70. The normalized spacial score (nSPS) is 19.3. The van der Waals surface area contributed by atoms with E-state index in [0.717, 1.165) is 43.6 Å². The minimum Gasteiger partial charge on any atom is -0.755 e. The van der Waals surface area contributed by atoms with Gasteiger partial charge in [-0.05, 0) is 43.7 Å². The molecular weight excluding hydrogens is 248 g/mol. The van der Waals surface area contributed by atoms with Gasteiger partial charge in [-0.2, -0.15) is 0 Å². The zero-order valence-electron chi connectivity index (χ0n) is 10.5. The number of aryl methyl sites for hydroxylation is 2. The molecule has 18 heavy (non-hydrogen) atoms. The first-order valence-electron chi connectivity index (χ1n) is 6.43. The minimum atomic E-state index is -2.25. The smallest absolute Gasteiger partial charge is 0.0534 e. The average Bonchev–Trinajstić information content (AvgIpc) is 2.34. The lowest BCUT2D eigenvalue weighted by molar-refractivity contribution is 0.542. The number of anilines is 2. The number of hydrogen-bond donors (Lipinski definition) is 1. The summed E-state index contributed by atoms with van der Waals surface area (Å²) in [5.74, 6) is 0. The molecule has 0 saturated heterocycles. The lowest BCUT2D eigenvalue weighted by Gasteiger charge is -2.38. The molecule has 0 fully saturated rings. The number of nitrogens with zero attached hydrogens (tertiary/aromatic N) is 1. The van der Waals surface area contributed by atoms with E-state index in [-0.39, 0.29) is 0 Å². The lowest BCUT2D eigenvalue weighted by atomic mass is 9.89. The zero-order valence-corrected chi connectivity index (χ0v) is 11.3. The van der Waals surface area contributed by atoms with Crippen LogP contribution in [-0.4, -0.2) is 21.9 Å². The number of nitrogens with one attached hydrogen (secondary N) is 1. The van der Waals surface area contributed by atoms with E-state index in [4.69, 9.17) is 0 Å². The molecule has 1 atom stereocenters. The van der Waals surface area contributed by atoms with Crippen LogP contribution in [0.3, 0.4) is 0 Å². The first-order chi connectivity index (χ1) is 8.66. The third kappa shape index (κ3) is 1.91. The highest BCUT2D eigenvalue weighted by Gasteiger charge is 2.26. The monoisotopic (exact) mass is 265 g/mol. The summed E-state index contributed by atoms with van der Waals surface area (Å²) < 4.78 is 24.5. The fourth-order valence-electron chi connectivity index (χ4n) is 3.25. The molecule has 2 aliphatic heterocycles. The molecule has 0 aromatic heterocycles. The highest BCUT2D eigenvalue weighted by atomic mass is 32.2. The second-order valence-corrected chi connectivity index (χ2v) is 5.76. The molecule has 0 bridgehead atoms. The fraction of sp³-hybridized carbons (Fsp3) is 0.538. The van der Waals surface area contributed by atoms with Crippen molar-refractivity contribution >= 4 is 22.6 Å². The molecule has 1 aromatic carbocycles. The maximum absolute atomic E-state index is 10.9. The van der Waals surface area contributed by atoms with E-state index in [1.165, 1.54) is 23.2 Å². The van der Waals surface area contributed by atoms with Crippen LogP contribution in [0.1, 0.15) is 29.5 Å². The summed E-state index contributed by atoms with van der Waals surface area (Å²) in [5, 5.41) is 0. The van der Waals surface area contributed by atoms with Gasteiger partial charge in [-0.1, -0.05) is 6.07 Å². The Morgan fingerprint density at radius 1 is 1.33 bits per heavy atom. The van der Waals surface area contributed by atoms with Crippen LogP contribution < -0.4 is 9.62 Å². The van der Waals surface area contributed by atoms with Crippen molar-refractivity contribution in [1.82, 2.24) is 0 Å². The van der Waals surface area contributed by atoms with Gasteiger partial charge in [0.2, 0.25) is 0 Å². The van der Waals surface area contributed by atoms with Crippen LogP contribution in [0.15, 0.2) is 6.07 Å². The maximum Gasteiger partial charge on any atom is 0.0534 e. The molecule has 5 heteroatoms. The van der Waals surface area contributed by atoms with E-state index < -0.39 is 11.3 Å². The molecule has 2 heterocycles. The van der Waals surface area contributed by atoms with E-state index >= 15 is 0 Å². The van der Waals surface area contributed by atoms with Gasteiger partial charge in [-0.25, -0.2) is 0 Å². The van der Waals surface area contributed by atoms with Gasteiger partial charge in [0.25, 0.3) is 0 Å². The van der Waals surface area contributed by atoms with Crippen LogP contribution in [0.25, 0.3) is 0 Å². The second kappa shape index (κ2) is 4.55. The molecule has 0 amide bonds. The van der Waals surface area contributed by atoms with Crippen molar-refractivity contribution in [1.29, 1.82) is 0 Å². The van der Waals surface area contributed by atoms with Crippen molar-refractivity contribution in [3.8, 4) is 0 Å². The van der Waals surface area contributed by atoms with Gasteiger partial charge in [-0.3, -0.25) is 4.21 Å². The van der Waals surface area contributed by atoms with Gasteiger partial charge in [0.15, 0.2) is 0 Å². The molecule has 1 aromatic rings. The van der Waals surface area contributed by atoms with E-state index in [9.17, 15) is 8.76 Å². The highest BCUT2D eigenvalue weighted by Crippen LogP contribution is 2.41. The summed E-state index contributed by atoms with van der Waals surface area (Å²) in [6.45, 7) is 4.19. The summed E-state index contributed by atoms with van der Waals surface area (Å²) in [4.78, 5) is 2.41. The Bertz CT molecular complexity index is 514. The third-order valence-electron chi connectivity index (χ3n) is 3.91. The maximum atomic E-state index is 10.9. The molecule has 0 spiro atoms. The summed E-state index contributed by atoms with van der Waals surface area (Å²) >= 11 is -2.25. The first kappa shape index (κ1) is 12.0. The Hall–Kier alpha value is -1.07. The van der Waals surface area contributed by atoms with Crippen LogP contribution in [0.5, 0.6) is 0 Å². The molecule has 0 radical (unpaired) electrons. The van der Waals surface area contributed by atoms with E-state index in [0.29, 0.717) is 0 Å². The summed E-state index contributed by atoms with van der Waals surface area (Å²) in [6.07, 6.45) is 4.39. The van der Waals surface area contributed by atoms with Crippen LogP contribution in [0.2, 0.25) is 0 Å². The van der Waals surface area contributed by atoms with Crippen LogP contribution in [0, 0.1) is 6.92 Å². The molecule has 4 nitrogen and oxygen atoms in total. The predicted molar refractivity (Wildman–Crippen MR) is 72.6 cm³/mol. The van der Waals surface area contributed by atoms with Gasteiger partial charge < -0.3 is 14.2 Å². The van der Waals surface area contributed by atoms with Crippen molar-refractivity contribution in [2.75, 3.05) is 22.7 Å². The van der Waals surface area contributed by atoms with Gasteiger partial charge >= 0.3 is 0 Å². The van der Waals surface area contributed by atoms with Crippen molar-refractivity contribution in [3.63, 3.8) is 0 Å². The van der Waals surface area contributed by atoms with E-state index in [1.807, 2.05) is 6.92 Å². The average molecular weight is 265 g/mol. The Labute approximate surface area is 110 Å². The summed E-state index contributed by atoms with van der Waals surface area (Å²) in [5.41, 5.74) is 5.72. The van der Waals surface area contributed by atoms with Gasteiger partial charge in [0.1, 0.15) is 0 Å². The Kier molecular flexibility index (Phi) is 3.03. The number of benzene rings is 1. The highest BCUT2D eigenvalue weighted by molar-refractivity contribution is 7.80. The molecular formula is C13H17N2O2S-. The van der Waals surface area contributed by atoms with Crippen LogP contribution in [0.4, 0.5) is 11.4 Å². The zero-order chi connectivity index (χ0) is 12.7. The van der Waals surface area contributed by atoms with E-state index in [1.54, 1.807) is 0 Å². The standard InChI is InChI=1S/C13H18N2O2S/c1-9-8-10-4-2-6-15-7-3-5-11(13(10)15)12(9)14-18(16)17/h8,14H,2-7H2,1H3,(H,16,17)/p-1. The molecule has 0 aliphatic carbocycles. The lowest BCUT2D eigenvalue weighted by Crippen LogP contribution is -2.35. The van der Waals surface area contributed by atoms with Crippen molar-refractivity contribution in [2.45, 2.75) is 32.6 Å². The number of hydrogen-bond acceptors (Lipinski definition) is 3. The van der Waals surface area contributed by atoms with Crippen LogP contribution in [-0.2, 0) is 24.1 Å². The first-order valence-corrected chi connectivity index (χ1v) is 7.50. The molecule has 98 valence electrons. The topological polar surface area (TPSA) is 55.4 Å². The SMILES string of the molecule is Cc1cc2c3c(c1NS(=O)[O-])CCCN3CCC2. The van der Waals surface area contributed by atoms with E-state index in [2.05, 4.69) is 15.7 Å². The molecule has 3 rings (SSSR count). The molecule has 0 saturated carbocycles. The van der Waals surface area contributed by atoms with Crippen molar-refractivity contribution in [2.24, 2.45) is 0 Å². The van der Waals surface area contributed by atoms with Crippen molar-refractivity contribution < 1.29 is 8.76 Å². The third-order valence-corrected chi connectivity index (χ3v) is 4.28. The van der Waals surface area contributed by atoms with Crippen LogP contribution >= 0.6 is 0 Å². The minimum absolute atomic E-state index is 0.800. The predicted octanol–water partition coefficient (Wildman–Crippen LogP) is 1.90. The Morgan fingerprint density at radius 2 is 2.06 bits per heavy atom. The Morgan fingerprint density at radius 3 is 2.78 bits per heavy atom. The number of rotatable bonds is 2. The molecule has 1 unspecified atom stereocenters. The Balaban J connectivity index is 2.16. The largest absolute Gasteiger partial charge is 0.755 e. The van der Waals surface area contributed by atoms with Gasteiger partial charge in [0.05, 0.1) is 5.69 Å².